The first-order valence-electron chi connectivity index (χ1n) is 8.82. The molecule has 4 aromatic rings. The highest BCUT2D eigenvalue weighted by atomic mass is 19.1. The van der Waals surface area contributed by atoms with Gasteiger partial charge in [0.25, 0.3) is 0 Å². The smallest absolute Gasteiger partial charge is 0.241 e. The van der Waals surface area contributed by atoms with E-state index < -0.39 is 6.67 Å². The molecule has 1 fully saturated rings. The van der Waals surface area contributed by atoms with Crippen LogP contribution in [0.4, 0.5) is 10.3 Å². The number of pyridine rings is 1. The molecule has 0 radical (unpaired) electrons. The molecular weight excluding hydrogens is 349 g/mol. The summed E-state index contributed by atoms with van der Waals surface area (Å²) < 4.78 is 21.6. The second-order valence-electron chi connectivity index (χ2n) is 6.56. The van der Waals surface area contributed by atoms with E-state index in [4.69, 9.17) is 9.72 Å². The van der Waals surface area contributed by atoms with Crippen LogP contribution in [0.1, 0.15) is 5.82 Å². The van der Waals surface area contributed by atoms with E-state index in [-0.39, 0.29) is 12.6 Å². The molecule has 0 saturated carbocycles. The Balaban J connectivity index is 1.55. The van der Waals surface area contributed by atoms with Crippen molar-refractivity contribution in [2.75, 3.05) is 25.2 Å². The summed E-state index contributed by atoms with van der Waals surface area (Å²) in [4.78, 5) is 13.6. The number of aromatic nitrogens is 6. The highest BCUT2D eigenvalue weighted by Gasteiger charge is 2.19. The number of fused-ring (bicyclic) bond motifs is 2. The Kier molecular flexibility index (Phi) is 3.75. The van der Waals surface area contributed by atoms with Gasteiger partial charge >= 0.3 is 0 Å². The third kappa shape index (κ3) is 2.71. The van der Waals surface area contributed by atoms with Gasteiger partial charge in [0.05, 0.1) is 43.2 Å². The summed E-state index contributed by atoms with van der Waals surface area (Å²) in [6.07, 6.45) is 3.66. The first kappa shape index (κ1) is 16.1. The molecule has 0 bridgehead atoms. The average molecular weight is 367 g/mol. The van der Waals surface area contributed by atoms with Gasteiger partial charge in [0.15, 0.2) is 5.65 Å². The van der Waals surface area contributed by atoms with Crippen LogP contribution in [0.15, 0.2) is 30.6 Å². The van der Waals surface area contributed by atoms with E-state index in [9.17, 15) is 4.39 Å². The molecule has 0 aliphatic carbocycles. The van der Waals surface area contributed by atoms with Crippen molar-refractivity contribution in [1.82, 2.24) is 29.1 Å². The molecule has 5 rings (SSSR count). The van der Waals surface area contributed by atoms with E-state index in [1.807, 2.05) is 31.3 Å². The number of imidazole rings is 1. The summed E-state index contributed by atoms with van der Waals surface area (Å²) in [5.41, 5.74) is 4.00. The van der Waals surface area contributed by atoms with Crippen LogP contribution in [0.2, 0.25) is 0 Å². The largest absolute Gasteiger partial charge is 0.377 e. The van der Waals surface area contributed by atoms with E-state index >= 15 is 0 Å². The molecule has 8 nitrogen and oxygen atoms in total. The molecule has 9 heteroatoms. The van der Waals surface area contributed by atoms with Crippen molar-refractivity contribution in [3.63, 3.8) is 0 Å². The number of aryl methyl sites for hydroxylation is 2. The standard InChI is InChI=1S/C18H18FN7O/c1-11-21-15-3-2-14(23-17(15)25(11)7-5-19)13-4-6-26-16(13)8-20-18(24-26)22-12-9-27-10-12/h2-4,6,8,12H,5,7,9-10H2,1H3,(H,22,24). The second kappa shape index (κ2) is 6.27. The molecule has 4 aromatic heterocycles. The number of anilines is 1. The van der Waals surface area contributed by atoms with Crippen LogP contribution in [-0.4, -0.2) is 55.1 Å². The number of halogens is 1. The Bertz CT molecular complexity index is 1130. The van der Waals surface area contributed by atoms with E-state index in [1.54, 1.807) is 15.3 Å². The third-order valence-corrected chi connectivity index (χ3v) is 4.76. The van der Waals surface area contributed by atoms with E-state index in [0.717, 1.165) is 28.1 Å². The fourth-order valence-corrected chi connectivity index (χ4v) is 3.30. The Morgan fingerprint density at radius 1 is 1.26 bits per heavy atom. The fraction of sp³-hybridized carbons (Fsp3) is 0.333. The van der Waals surface area contributed by atoms with Crippen molar-refractivity contribution in [3.8, 4) is 11.3 Å². The van der Waals surface area contributed by atoms with Crippen molar-refractivity contribution < 1.29 is 9.13 Å². The Hall–Kier alpha value is -3.07. The van der Waals surface area contributed by atoms with Crippen molar-refractivity contribution in [1.29, 1.82) is 0 Å². The maximum Gasteiger partial charge on any atom is 0.241 e. The van der Waals surface area contributed by atoms with Gasteiger partial charge in [-0.3, -0.25) is 0 Å². The molecule has 0 unspecified atom stereocenters. The quantitative estimate of drug-likeness (QED) is 0.583. The minimum absolute atomic E-state index is 0.248. The Morgan fingerprint density at radius 2 is 2.15 bits per heavy atom. The summed E-state index contributed by atoms with van der Waals surface area (Å²) in [7, 11) is 0. The van der Waals surface area contributed by atoms with Crippen LogP contribution >= 0.6 is 0 Å². The zero-order chi connectivity index (χ0) is 18.4. The molecule has 1 saturated heterocycles. The van der Waals surface area contributed by atoms with Gasteiger partial charge in [0, 0.05) is 11.8 Å². The molecule has 1 aliphatic heterocycles. The molecule has 0 amide bonds. The normalized spacial score (nSPS) is 14.7. The summed E-state index contributed by atoms with van der Waals surface area (Å²) in [5, 5.41) is 7.74. The highest BCUT2D eigenvalue weighted by Crippen LogP contribution is 2.26. The summed E-state index contributed by atoms with van der Waals surface area (Å²) in [6, 6.07) is 6.05. The molecule has 1 aliphatic rings. The van der Waals surface area contributed by atoms with Gasteiger partial charge in [0.2, 0.25) is 5.95 Å². The minimum Gasteiger partial charge on any atom is -0.377 e. The number of alkyl halides is 1. The number of hydrogen-bond donors (Lipinski definition) is 1. The first-order chi connectivity index (χ1) is 13.2. The Morgan fingerprint density at radius 3 is 2.93 bits per heavy atom. The van der Waals surface area contributed by atoms with Gasteiger partial charge in [-0.05, 0) is 25.1 Å². The lowest BCUT2D eigenvalue weighted by Crippen LogP contribution is -2.40. The van der Waals surface area contributed by atoms with Crippen molar-refractivity contribution in [2.45, 2.75) is 19.5 Å². The number of hydrogen-bond acceptors (Lipinski definition) is 6. The van der Waals surface area contributed by atoms with Gasteiger partial charge in [-0.1, -0.05) is 0 Å². The number of ether oxygens (including phenoxy) is 1. The van der Waals surface area contributed by atoms with E-state index in [1.165, 1.54) is 0 Å². The van der Waals surface area contributed by atoms with Crippen molar-refractivity contribution in [2.24, 2.45) is 0 Å². The molecule has 0 aromatic carbocycles. The number of nitrogens with one attached hydrogen (secondary N) is 1. The lowest BCUT2D eigenvalue weighted by molar-refractivity contribution is 0.0207. The van der Waals surface area contributed by atoms with Gasteiger partial charge < -0.3 is 14.6 Å². The summed E-state index contributed by atoms with van der Waals surface area (Å²) in [6.45, 7) is 3.00. The van der Waals surface area contributed by atoms with E-state index in [0.29, 0.717) is 24.8 Å². The topological polar surface area (TPSA) is 82.2 Å². The molecule has 0 spiro atoms. The number of nitrogens with zero attached hydrogens (tertiary/aromatic N) is 6. The third-order valence-electron chi connectivity index (χ3n) is 4.76. The van der Waals surface area contributed by atoms with E-state index in [2.05, 4.69) is 20.4 Å². The highest BCUT2D eigenvalue weighted by molar-refractivity contribution is 5.82. The maximum absolute atomic E-state index is 12.9. The van der Waals surface area contributed by atoms with Gasteiger partial charge in [-0.25, -0.2) is 23.9 Å². The monoisotopic (exact) mass is 367 g/mol. The van der Waals surface area contributed by atoms with Crippen LogP contribution in [0.25, 0.3) is 27.9 Å². The molecule has 5 heterocycles. The molecule has 0 atom stereocenters. The molecule has 27 heavy (non-hydrogen) atoms. The van der Waals surface area contributed by atoms with Gasteiger partial charge in [-0.2, -0.15) is 0 Å². The Labute approximate surface area is 154 Å². The predicted molar refractivity (Wildman–Crippen MR) is 98.5 cm³/mol. The van der Waals surface area contributed by atoms with Crippen LogP contribution in [0.5, 0.6) is 0 Å². The molecular formula is C18H18FN7O. The second-order valence-corrected chi connectivity index (χ2v) is 6.56. The van der Waals surface area contributed by atoms with Crippen LogP contribution in [0, 0.1) is 6.92 Å². The van der Waals surface area contributed by atoms with Gasteiger partial charge in [-0.15, -0.1) is 5.10 Å². The van der Waals surface area contributed by atoms with Crippen molar-refractivity contribution >= 4 is 22.6 Å². The lowest BCUT2D eigenvalue weighted by atomic mass is 10.2. The zero-order valence-corrected chi connectivity index (χ0v) is 14.8. The number of rotatable bonds is 5. The molecule has 138 valence electrons. The van der Waals surface area contributed by atoms with Crippen LogP contribution in [-0.2, 0) is 11.3 Å². The first-order valence-corrected chi connectivity index (χ1v) is 8.82. The van der Waals surface area contributed by atoms with Crippen LogP contribution in [0.3, 0.4) is 0 Å². The van der Waals surface area contributed by atoms with Crippen LogP contribution < -0.4 is 5.32 Å². The minimum atomic E-state index is -0.455. The summed E-state index contributed by atoms with van der Waals surface area (Å²) >= 11 is 0. The zero-order valence-electron chi connectivity index (χ0n) is 14.8. The fourth-order valence-electron chi connectivity index (χ4n) is 3.30. The maximum atomic E-state index is 12.9. The molecule has 1 N–H and O–H groups in total. The predicted octanol–water partition coefficient (Wildman–Crippen LogP) is 2.23. The average Bonchev–Trinajstić information content (AvgIpc) is 3.19. The lowest BCUT2D eigenvalue weighted by Gasteiger charge is -2.26. The summed E-state index contributed by atoms with van der Waals surface area (Å²) in [5.74, 6) is 1.33. The SMILES string of the molecule is Cc1nc2ccc(-c3ccn4nc(NC5COC5)ncc34)nc2n1CCF. The van der Waals surface area contributed by atoms with Gasteiger partial charge in [0.1, 0.15) is 18.0 Å². The van der Waals surface area contributed by atoms with Crippen molar-refractivity contribution in [3.05, 3.63) is 36.4 Å².